The third-order valence-electron chi connectivity index (χ3n) is 2.27. The summed E-state index contributed by atoms with van der Waals surface area (Å²) in [5.41, 5.74) is 0.841. The van der Waals surface area contributed by atoms with Crippen molar-refractivity contribution in [3.05, 3.63) is 61.8 Å². The molecule has 0 unspecified atom stereocenters. The smallest absolute Gasteiger partial charge is 0.251 e. The monoisotopic (exact) mass is 363 g/mol. The van der Waals surface area contributed by atoms with E-state index in [0.29, 0.717) is 20.8 Å². The summed E-state index contributed by atoms with van der Waals surface area (Å²) in [5, 5.41) is 13.5. The first kappa shape index (κ1) is 14.0. The first-order valence-electron chi connectivity index (χ1n) is 5.02. The minimum Gasteiger partial charge on any atom is -0.618 e. The molecule has 1 aromatic carbocycles. The number of hydrogen-bond donors (Lipinski definition) is 0. The van der Waals surface area contributed by atoms with Crippen molar-refractivity contribution in [3.8, 4) is 0 Å². The van der Waals surface area contributed by atoms with Crippen molar-refractivity contribution in [2.75, 3.05) is 0 Å². The van der Waals surface area contributed by atoms with E-state index in [-0.39, 0.29) is 0 Å². The normalized spacial score (nSPS) is 10.6. The van der Waals surface area contributed by atoms with Crippen molar-refractivity contribution < 1.29 is 4.73 Å². The van der Waals surface area contributed by atoms with Crippen molar-refractivity contribution in [2.45, 2.75) is 10.8 Å². The van der Waals surface area contributed by atoms with Crippen molar-refractivity contribution in [2.24, 2.45) is 0 Å². The number of thioether (sulfide) groups is 1. The van der Waals surface area contributed by atoms with Crippen LogP contribution in [-0.4, -0.2) is 0 Å². The van der Waals surface area contributed by atoms with Crippen LogP contribution in [0.5, 0.6) is 0 Å². The molecule has 2 aromatic rings. The third kappa shape index (κ3) is 3.32. The number of pyridine rings is 1. The number of halogens is 3. The van der Waals surface area contributed by atoms with E-state index in [9.17, 15) is 5.21 Å². The Kier molecular flexibility index (Phi) is 4.78. The minimum absolute atomic E-state index is 0.558. The molecule has 1 aromatic heterocycles. The van der Waals surface area contributed by atoms with Crippen LogP contribution in [-0.2, 0) is 5.75 Å². The molecule has 2 nitrogen and oxygen atoms in total. The van der Waals surface area contributed by atoms with Crippen molar-refractivity contribution in [1.82, 2.24) is 0 Å². The Morgan fingerprint density at radius 1 is 1.17 bits per heavy atom. The first-order valence-corrected chi connectivity index (χ1v) is 7.56. The van der Waals surface area contributed by atoms with Crippen LogP contribution in [0.3, 0.4) is 0 Å². The van der Waals surface area contributed by atoms with Gasteiger partial charge in [0.15, 0.2) is 6.20 Å². The molecule has 1 heterocycles. The second-order valence-electron chi connectivity index (χ2n) is 3.50. The molecule has 0 N–H and O–H groups in total. The highest BCUT2D eigenvalue weighted by Gasteiger charge is 2.10. The lowest BCUT2D eigenvalue weighted by Gasteiger charge is -2.07. The van der Waals surface area contributed by atoms with E-state index in [1.165, 1.54) is 18.0 Å². The molecule has 0 spiro atoms. The summed E-state index contributed by atoms with van der Waals surface area (Å²) in [6.45, 7) is 0. The SMILES string of the molecule is [O-][n+]1cc(Br)ccc1SCc1c(Cl)cccc1Cl. The van der Waals surface area contributed by atoms with Gasteiger partial charge in [-0.25, -0.2) is 0 Å². The predicted molar refractivity (Wildman–Crippen MR) is 79.1 cm³/mol. The highest BCUT2D eigenvalue weighted by Crippen LogP contribution is 2.30. The average molecular weight is 365 g/mol. The molecule has 0 saturated carbocycles. The van der Waals surface area contributed by atoms with Gasteiger partial charge in [0.05, 0.1) is 4.47 Å². The first-order chi connectivity index (χ1) is 8.58. The lowest BCUT2D eigenvalue weighted by molar-refractivity contribution is -0.646. The molecule has 0 fully saturated rings. The summed E-state index contributed by atoms with van der Waals surface area (Å²) in [6, 6.07) is 8.95. The second kappa shape index (κ2) is 6.15. The molecule has 0 atom stereocenters. The summed E-state index contributed by atoms with van der Waals surface area (Å²) < 4.78 is 1.57. The van der Waals surface area contributed by atoms with Crippen LogP contribution in [0, 0.1) is 5.21 Å². The molecule has 0 bridgehead atoms. The Balaban J connectivity index is 2.16. The lowest BCUT2D eigenvalue weighted by Crippen LogP contribution is -2.28. The number of hydrogen-bond acceptors (Lipinski definition) is 2. The van der Waals surface area contributed by atoms with Gasteiger partial charge in [-0.2, -0.15) is 4.73 Å². The average Bonchev–Trinajstić information content (AvgIpc) is 2.31. The van der Waals surface area contributed by atoms with Crippen LogP contribution in [0.4, 0.5) is 0 Å². The van der Waals surface area contributed by atoms with Gasteiger partial charge >= 0.3 is 0 Å². The van der Waals surface area contributed by atoms with Crippen LogP contribution < -0.4 is 4.73 Å². The fraction of sp³-hybridized carbons (Fsp3) is 0.0833. The summed E-state index contributed by atoms with van der Waals surface area (Å²) in [6.07, 6.45) is 1.47. The second-order valence-corrected chi connectivity index (χ2v) is 6.23. The summed E-state index contributed by atoms with van der Waals surface area (Å²) in [4.78, 5) is 0. The molecular weight excluding hydrogens is 357 g/mol. The zero-order chi connectivity index (χ0) is 13.1. The number of nitrogens with zero attached hydrogens (tertiary/aromatic N) is 1. The van der Waals surface area contributed by atoms with E-state index in [1.807, 2.05) is 6.07 Å². The van der Waals surface area contributed by atoms with Gasteiger partial charge in [0.2, 0.25) is 0 Å². The fourth-order valence-electron chi connectivity index (χ4n) is 1.37. The van der Waals surface area contributed by atoms with Crippen molar-refractivity contribution >= 4 is 50.9 Å². The molecule has 2 rings (SSSR count). The molecule has 6 heteroatoms. The molecule has 0 saturated heterocycles. The number of rotatable bonds is 3. The fourth-order valence-corrected chi connectivity index (χ4v) is 3.33. The topological polar surface area (TPSA) is 26.9 Å². The molecule has 0 aliphatic rings. The molecule has 0 radical (unpaired) electrons. The van der Waals surface area contributed by atoms with Crippen LogP contribution in [0.15, 0.2) is 46.0 Å². The number of benzene rings is 1. The molecule has 0 aliphatic carbocycles. The van der Waals surface area contributed by atoms with Crippen molar-refractivity contribution in [3.63, 3.8) is 0 Å². The van der Waals surface area contributed by atoms with Gasteiger partial charge in [-0.15, -0.1) is 0 Å². The quantitative estimate of drug-likeness (QED) is 0.449. The van der Waals surface area contributed by atoms with Gasteiger partial charge in [0, 0.05) is 21.9 Å². The van der Waals surface area contributed by atoms with Crippen LogP contribution in [0.1, 0.15) is 5.56 Å². The van der Waals surface area contributed by atoms with Crippen molar-refractivity contribution in [1.29, 1.82) is 0 Å². The molecule has 18 heavy (non-hydrogen) atoms. The molecular formula is C12H8BrCl2NOS. The van der Waals surface area contributed by atoms with E-state index in [2.05, 4.69) is 15.9 Å². The Morgan fingerprint density at radius 2 is 1.83 bits per heavy atom. The van der Waals surface area contributed by atoms with Crippen LogP contribution in [0.25, 0.3) is 0 Å². The lowest BCUT2D eigenvalue weighted by atomic mass is 10.2. The highest BCUT2D eigenvalue weighted by atomic mass is 79.9. The van der Waals surface area contributed by atoms with Gasteiger partial charge in [-0.05, 0) is 39.7 Å². The van der Waals surface area contributed by atoms with Crippen LogP contribution in [0.2, 0.25) is 10.0 Å². The summed E-state index contributed by atoms with van der Waals surface area (Å²) in [5.74, 6) is 0.558. The predicted octanol–water partition coefficient (Wildman–Crippen LogP) is 4.68. The summed E-state index contributed by atoms with van der Waals surface area (Å²) in [7, 11) is 0. The van der Waals surface area contributed by atoms with Gasteiger partial charge in [0.1, 0.15) is 0 Å². The zero-order valence-corrected chi connectivity index (χ0v) is 13.0. The molecule has 0 aliphatic heterocycles. The Bertz CT molecular complexity index is 560. The van der Waals surface area contributed by atoms with Crippen LogP contribution >= 0.6 is 50.9 Å². The number of aromatic nitrogens is 1. The maximum atomic E-state index is 11.6. The Hall–Kier alpha value is -0.420. The standard InChI is InChI=1S/C12H8BrCl2NOS/c13-8-4-5-12(16(17)6-8)18-7-9-10(14)2-1-3-11(9)15/h1-6H,7H2. The van der Waals surface area contributed by atoms with Gasteiger partial charge in [0.25, 0.3) is 5.03 Å². The van der Waals surface area contributed by atoms with Gasteiger partial charge in [-0.1, -0.05) is 41.0 Å². The van der Waals surface area contributed by atoms with E-state index < -0.39 is 0 Å². The van der Waals surface area contributed by atoms with E-state index in [1.54, 1.807) is 24.3 Å². The zero-order valence-electron chi connectivity index (χ0n) is 9.07. The van der Waals surface area contributed by atoms with Gasteiger partial charge in [-0.3, -0.25) is 0 Å². The molecule has 94 valence electrons. The third-order valence-corrected chi connectivity index (χ3v) is 4.49. The largest absolute Gasteiger partial charge is 0.618 e. The van der Waals surface area contributed by atoms with Gasteiger partial charge < -0.3 is 5.21 Å². The van der Waals surface area contributed by atoms with E-state index in [0.717, 1.165) is 14.8 Å². The maximum Gasteiger partial charge on any atom is 0.251 e. The highest BCUT2D eigenvalue weighted by molar-refractivity contribution is 9.10. The van der Waals surface area contributed by atoms with E-state index in [4.69, 9.17) is 23.2 Å². The summed E-state index contributed by atoms with van der Waals surface area (Å²) >= 11 is 16.8. The minimum atomic E-state index is 0.558. The Morgan fingerprint density at radius 3 is 2.44 bits per heavy atom. The molecule has 0 amide bonds. The van der Waals surface area contributed by atoms with E-state index >= 15 is 0 Å². The maximum absolute atomic E-state index is 11.6. The Labute approximate surface area is 128 Å².